The molecule has 5 heteroatoms. The van der Waals surface area contributed by atoms with E-state index in [1.54, 1.807) is 27.1 Å². The Labute approximate surface area is 141 Å². The van der Waals surface area contributed by atoms with E-state index < -0.39 is 11.9 Å². The lowest BCUT2D eigenvalue weighted by Gasteiger charge is -2.19. The first-order chi connectivity index (χ1) is 11.4. The maximum atomic E-state index is 14.0. The smallest absolute Gasteiger partial charge is 0.262 e. The van der Waals surface area contributed by atoms with Crippen molar-refractivity contribution in [1.82, 2.24) is 4.90 Å². The zero-order chi connectivity index (χ0) is 17.7. The van der Waals surface area contributed by atoms with Gasteiger partial charge < -0.3 is 14.4 Å². The van der Waals surface area contributed by atoms with Crippen LogP contribution in [0, 0.1) is 5.82 Å². The lowest BCUT2D eigenvalue weighted by atomic mass is 10.0. The van der Waals surface area contributed by atoms with Crippen LogP contribution in [0.1, 0.15) is 13.8 Å². The number of ether oxygens (including phenoxy) is 2. The minimum atomic E-state index is -0.690. The second-order valence-electron chi connectivity index (χ2n) is 5.63. The van der Waals surface area contributed by atoms with Crippen LogP contribution in [0.5, 0.6) is 11.5 Å². The van der Waals surface area contributed by atoms with Crippen molar-refractivity contribution in [2.24, 2.45) is 0 Å². The zero-order valence-electron chi connectivity index (χ0n) is 14.4. The van der Waals surface area contributed by atoms with Crippen molar-refractivity contribution < 1.29 is 18.7 Å². The molecule has 2 rings (SSSR count). The van der Waals surface area contributed by atoms with Gasteiger partial charge in [-0.3, -0.25) is 4.79 Å². The van der Waals surface area contributed by atoms with Gasteiger partial charge in [0.05, 0.1) is 6.61 Å². The highest BCUT2D eigenvalue weighted by atomic mass is 19.1. The number of nitrogens with zero attached hydrogens (tertiary/aromatic N) is 1. The molecular weight excluding hydrogens is 309 g/mol. The molecular formula is C19H22FNO3. The number of likely N-dealkylation sites (N-methyl/N-ethyl adjacent to an activating group) is 1. The van der Waals surface area contributed by atoms with Crippen molar-refractivity contribution in [3.8, 4) is 22.6 Å². The fraction of sp³-hybridized carbons (Fsp3) is 0.316. The average molecular weight is 331 g/mol. The minimum Gasteiger partial charge on any atom is -0.494 e. The number of halogens is 1. The van der Waals surface area contributed by atoms with Crippen LogP contribution in [0.2, 0.25) is 0 Å². The Morgan fingerprint density at radius 2 is 1.83 bits per heavy atom. The highest BCUT2D eigenvalue weighted by Crippen LogP contribution is 2.28. The number of rotatable bonds is 6. The third-order valence-electron chi connectivity index (χ3n) is 3.45. The van der Waals surface area contributed by atoms with E-state index in [0.29, 0.717) is 17.9 Å². The van der Waals surface area contributed by atoms with Crippen molar-refractivity contribution in [3.05, 3.63) is 48.3 Å². The van der Waals surface area contributed by atoms with Gasteiger partial charge in [-0.1, -0.05) is 12.1 Å². The van der Waals surface area contributed by atoms with Gasteiger partial charge in [-0.25, -0.2) is 4.39 Å². The van der Waals surface area contributed by atoms with Crippen molar-refractivity contribution in [2.45, 2.75) is 20.0 Å². The Morgan fingerprint density at radius 1 is 1.12 bits per heavy atom. The topological polar surface area (TPSA) is 38.8 Å². The van der Waals surface area contributed by atoms with Crippen molar-refractivity contribution in [1.29, 1.82) is 0 Å². The van der Waals surface area contributed by atoms with E-state index in [1.165, 1.54) is 17.0 Å². The summed E-state index contributed by atoms with van der Waals surface area (Å²) in [6, 6.07) is 11.8. The van der Waals surface area contributed by atoms with Gasteiger partial charge in [0.15, 0.2) is 6.10 Å². The van der Waals surface area contributed by atoms with Crippen LogP contribution in [-0.2, 0) is 4.79 Å². The molecule has 0 saturated carbocycles. The molecule has 24 heavy (non-hydrogen) atoms. The van der Waals surface area contributed by atoms with Crippen molar-refractivity contribution >= 4 is 5.91 Å². The number of benzene rings is 2. The molecule has 0 aliphatic rings. The number of carbonyl (C=O) groups is 1. The predicted octanol–water partition coefficient (Wildman–Crippen LogP) is 3.75. The summed E-state index contributed by atoms with van der Waals surface area (Å²) < 4.78 is 25.0. The van der Waals surface area contributed by atoms with Crippen LogP contribution in [0.3, 0.4) is 0 Å². The second kappa shape index (κ2) is 7.81. The van der Waals surface area contributed by atoms with Crippen LogP contribution in [0.15, 0.2) is 42.5 Å². The molecule has 0 aliphatic heterocycles. The largest absolute Gasteiger partial charge is 0.494 e. The van der Waals surface area contributed by atoms with Crippen molar-refractivity contribution in [3.63, 3.8) is 0 Å². The molecule has 0 heterocycles. The fourth-order valence-corrected chi connectivity index (χ4v) is 2.35. The summed E-state index contributed by atoms with van der Waals surface area (Å²) in [6.07, 6.45) is -0.690. The lowest BCUT2D eigenvalue weighted by molar-refractivity contribution is -0.135. The van der Waals surface area contributed by atoms with Gasteiger partial charge in [-0.15, -0.1) is 0 Å². The number of hydrogen-bond acceptors (Lipinski definition) is 3. The Hall–Kier alpha value is -2.56. The minimum absolute atomic E-state index is 0.181. The molecule has 1 atom stereocenters. The normalized spacial score (nSPS) is 11.7. The third kappa shape index (κ3) is 4.47. The van der Waals surface area contributed by atoms with Gasteiger partial charge in [0.2, 0.25) is 0 Å². The quantitative estimate of drug-likeness (QED) is 0.809. The summed E-state index contributed by atoms with van der Waals surface area (Å²) in [7, 11) is 3.30. The maximum Gasteiger partial charge on any atom is 0.262 e. The molecule has 1 amide bonds. The molecule has 0 N–H and O–H groups in total. The predicted molar refractivity (Wildman–Crippen MR) is 91.8 cm³/mol. The van der Waals surface area contributed by atoms with Crippen LogP contribution >= 0.6 is 0 Å². The molecule has 2 aromatic carbocycles. The number of amides is 1. The summed E-state index contributed by atoms with van der Waals surface area (Å²) in [6.45, 7) is 4.11. The van der Waals surface area contributed by atoms with E-state index in [4.69, 9.17) is 9.47 Å². The summed E-state index contributed by atoms with van der Waals surface area (Å²) >= 11 is 0. The van der Waals surface area contributed by atoms with E-state index in [-0.39, 0.29) is 5.91 Å². The third-order valence-corrected chi connectivity index (χ3v) is 3.45. The van der Waals surface area contributed by atoms with E-state index in [9.17, 15) is 9.18 Å². The Morgan fingerprint density at radius 3 is 2.50 bits per heavy atom. The Bertz CT molecular complexity index is 716. The van der Waals surface area contributed by atoms with Gasteiger partial charge in [0.25, 0.3) is 5.91 Å². The van der Waals surface area contributed by atoms with Crippen LogP contribution in [0.4, 0.5) is 4.39 Å². The van der Waals surface area contributed by atoms with Gasteiger partial charge in [-0.05, 0) is 49.2 Å². The molecule has 0 bridgehead atoms. The van der Waals surface area contributed by atoms with E-state index in [0.717, 1.165) is 11.3 Å². The monoisotopic (exact) mass is 331 g/mol. The average Bonchev–Trinajstić information content (AvgIpc) is 2.54. The second-order valence-corrected chi connectivity index (χ2v) is 5.63. The molecule has 1 unspecified atom stereocenters. The fourth-order valence-electron chi connectivity index (χ4n) is 2.35. The SMILES string of the molecule is CCOc1cccc(-c2cc(F)cc(OC(C)C(=O)N(C)C)c2)c1. The Balaban J connectivity index is 2.28. The highest BCUT2D eigenvalue weighted by molar-refractivity contribution is 5.80. The molecule has 0 aromatic heterocycles. The first kappa shape index (κ1) is 17.8. The lowest BCUT2D eigenvalue weighted by Crippen LogP contribution is -2.35. The van der Waals surface area contributed by atoms with Gasteiger partial charge in [0.1, 0.15) is 17.3 Å². The molecule has 0 saturated heterocycles. The van der Waals surface area contributed by atoms with E-state index >= 15 is 0 Å². The summed E-state index contributed by atoms with van der Waals surface area (Å²) in [5.41, 5.74) is 1.48. The highest BCUT2D eigenvalue weighted by Gasteiger charge is 2.17. The summed E-state index contributed by atoms with van der Waals surface area (Å²) in [5.74, 6) is 0.431. The van der Waals surface area contributed by atoms with Crippen LogP contribution in [0.25, 0.3) is 11.1 Å². The molecule has 128 valence electrons. The standard InChI is InChI=1S/C19H22FNO3/c1-5-23-17-8-6-7-14(10-17)15-9-16(20)12-18(11-15)24-13(2)19(22)21(3)4/h6-13H,5H2,1-4H3. The molecule has 4 nitrogen and oxygen atoms in total. The molecule has 0 radical (unpaired) electrons. The first-order valence-corrected chi connectivity index (χ1v) is 7.82. The molecule has 2 aromatic rings. The van der Waals surface area contributed by atoms with Crippen LogP contribution < -0.4 is 9.47 Å². The molecule has 0 fully saturated rings. The molecule has 0 aliphatic carbocycles. The summed E-state index contributed by atoms with van der Waals surface area (Å²) in [4.78, 5) is 13.3. The van der Waals surface area contributed by atoms with E-state index in [2.05, 4.69) is 0 Å². The first-order valence-electron chi connectivity index (χ1n) is 7.82. The van der Waals surface area contributed by atoms with Gasteiger partial charge >= 0.3 is 0 Å². The van der Waals surface area contributed by atoms with E-state index in [1.807, 2.05) is 31.2 Å². The zero-order valence-corrected chi connectivity index (χ0v) is 14.4. The number of hydrogen-bond donors (Lipinski definition) is 0. The van der Waals surface area contributed by atoms with Crippen LogP contribution in [-0.4, -0.2) is 37.6 Å². The van der Waals surface area contributed by atoms with Crippen molar-refractivity contribution in [2.75, 3.05) is 20.7 Å². The number of carbonyl (C=O) groups excluding carboxylic acids is 1. The summed E-state index contributed by atoms with van der Waals surface area (Å²) in [5, 5.41) is 0. The Kier molecular flexibility index (Phi) is 5.79. The van der Waals surface area contributed by atoms with Gasteiger partial charge in [-0.2, -0.15) is 0 Å². The van der Waals surface area contributed by atoms with Gasteiger partial charge in [0, 0.05) is 20.2 Å². The maximum absolute atomic E-state index is 14.0. The molecule has 0 spiro atoms.